The van der Waals surface area contributed by atoms with E-state index in [1.165, 1.54) is 16.0 Å². The van der Waals surface area contributed by atoms with Gasteiger partial charge in [0.2, 0.25) is 0 Å². The van der Waals surface area contributed by atoms with Crippen molar-refractivity contribution in [1.29, 1.82) is 0 Å². The van der Waals surface area contributed by atoms with Crippen molar-refractivity contribution in [2.75, 3.05) is 38.2 Å². The number of ether oxygens (including phenoxy) is 1. The highest BCUT2D eigenvalue weighted by Gasteiger charge is 2.17. The van der Waals surface area contributed by atoms with Gasteiger partial charge in [0.05, 0.1) is 13.2 Å². The molecule has 0 saturated carbocycles. The van der Waals surface area contributed by atoms with E-state index in [9.17, 15) is 4.79 Å². The van der Waals surface area contributed by atoms with E-state index < -0.39 is 0 Å². The van der Waals surface area contributed by atoms with Gasteiger partial charge in [0, 0.05) is 5.69 Å². The van der Waals surface area contributed by atoms with Crippen LogP contribution in [0.1, 0.15) is 11.1 Å². The Morgan fingerprint density at radius 3 is 2.67 bits per heavy atom. The SMILES string of the molecule is Cc1ccc(NC(=O)C[NH+]2CCOCC2)cc1C. The summed E-state index contributed by atoms with van der Waals surface area (Å²) in [5.41, 5.74) is 3.33. The Balaban J connectivity index is 1.88. The molecule has 1 heterocycles. The van der Waals surface area contributed by atoms with Crippen LogP contribution in [0.15, 0.2) is 18.2 Å². The third-order valence-corrected chi connectivity index (χ3v) is 3.40. The molecule has 1 amide bonds. The van der Waals surface area contributed by atoms with Crippen LogP contribution in [0.5, 0.6) is 0 Å². The normalized spacial score (nSPS) is 16.6. The van der Waals surface area contributed by atoms with Crippen molar-refractivity contribution in [2.24, 2.45) is 0 Å². The van der Waals surface area contributed by atoms with Gasteiger partial charge < -0.3 is 15.0 Å². The zero-order valence-electron chi connectivity index (χ0n) is 11.1. The van der Waals surface area contributed by atoms with Gasteiger partial charge in [-0.2, -0.15) is 0 Å². The second-order valence-electron chi connectivity index (χ2n) is 4.89. The minimum Gasteiger partial charge on any atom is -0.370 e. The van der Waals surface area contributed by atoms with E-state index >= 15 is 0 Å². The molecule has 4 heteroatoms. The third-order valence-electron chi connectivity index (χ3n) is 3.40. The number of carbonyl (C=O) groups excluding carboxylic acids is 1. The predicted molar refractivity (Wildman–Crippen MR) is 70.9 cm³/mol. The first-order chi connectivity index (χ1) is 8.65. The highest BCUT2D eigenvalue weighted by molar-refractivity contribution is 5.91. The van der Waals surface area contributed by atoms with E-state index in [1.54, 1.807) is 0 Å². The molecule has 0 atom stereocenters. The molecule has 0 unspecified atom stereocenters. The van der Waals surface area contributed by atoms with Crippen LogP contribution in [-0.4, -0.2) is 38.8 Å². The highest BCUT2D eigenvalue weighted by Crippen LogP contribution is 2.13. The number of hydrogen-bond donors (Lipinski definition) is 2. The summed E-state index contributed by atoms with van der Waals surface area (Å²) >= 11 is 0. The van der Waals surface area contributed by atoms with Gasteiger partial charge in [0.25, 0.3) is 5.91 Å². The standard InChI is InChI=1S/C14H20N2O2/c1-11-3-4-13(9-12(11)2)15-14(17)10-16-5-7-18-8-6-16/h3-4,9H,5-8,10H2,1-2H3,(H,15,17)/p+1. The van der Waals surface area contributed by atoms with E-state index in [1.807, 2.05) is 18.2 Å². The topological polar surface area (TPSA) is 42.8 Å². The maximum atomic E-state index is 11.9. The van der Waals surface area contributed by atoms with Crippen LogP contribution in [0, 0.1) is 13.8 Å². The van der Waals surface area contributed by atoms with Crippen molar-refractivity contribution in [2.45, 2.75) is 13.8 Å². The number of aryl methyl sites for hydroxylation is 2. The van der Waals surface area contributed by atoms with Crippen LogP contribution in [0.25, 0.3) is 0 Å². The quantitative estimate of drug-likeness (QED) is 0.801. The van der Waals surface area contributed by atoms with Crippen LogP contribution in [-0.2, 0) is 9.53 Å². The molecule has 1 aliphatic heterocycles. The maximum Gasteiger partial charge on any atom is 0.279 e. The second kappa shape index (κ2) is 5.98. The van der Waals surface area contributed by atoms with Gasteiger partial charge in [-0.05, 0) is 37.1 Å². The van der Waals surface area contributed by atoms with Crippen molar-refractivity contribution < 1.29 is 14.4 Å². The number of nitrogens with one attached hydrogen (secondary N) is 2. The monoisotopic (exact) mass is 249 g/mol. The Labute approximate surface area is 108 Å². The van der Waals surface area contributed by atoms with Crippen LogP contribution in [0.4, 0.5) is 5.69 Å². The van der Waals surface area contributed by atoms with Gasteiger partial charge in [-0.25, -0.2) is 0 Å². The molecule has 0 spiro atoms. The first-order valence-corrected chi connectivity index (χ1v) is 6.43. The molecule has 0 aromatic heterocycles. The number of benzene rings is 1. The van der Waals surface area contributed by atoms with Gasteiger partial charge >= 0.3 is 0 Å². The van der Waals surface area contributed by atoms with Gasteiger partial charge in [0.15, 0.2) is 6.54 Å². The molecule has 0 radical (unpaired) electrons. The maximum absolute atomic E-state index is 11.9. The molecular formula is C14H21N2O2+. The number of amides is 1. The summed E-state index contributed by atoms with van der Waals surface area (Å²) in [7, 11) is 0. The van der Waals surface area contributed by atoms with E-state index in [2.05, 4.69) is 19.2 Å². The molecule has 0 bridgehead atoms. The van der Waals surface area contributed by atoms with E-state index in [0.29, 0.717) is 6.54 Å². The summed E-state index contributed by atoms with van der Waals surface area (Å²) in [5.74, 6) is 0.0788. The lowest BCUT2D eigenvalue weighted by atomic mass is 10.1. The fourth-order valence-electron chi connectivity index (χ4n) is 2.09. The molecule has 4 nitrogen and oxygen atoms in total. The van der Waals surface area contributed by atoms with Crippen molar-refractivity contribution in [3.63, 3.8) is 0 Å². The number of morpholine rings is 1. The minimum atomic E-state index is 0.0788. The molecule has 1 fully saturated rings. The average Bonchev–Trinajstić information content (AvgIpc) is 2.35. The molecular weight excluding hydrogens is 228 g/mol. The molecule has 1 aliphatic rings. The molecule has 1 aromatic rings. The largest absolute Gasteiger partial charge is 0.370 e. The Morgan fingerprint density at radius 1 is 1.28 bits per heavy atom. The number of rotatable bonds is 3. The summed E-state index contributed by atoms with van der Waals surface area (Å²) < 4.78 is 5.28. The predicted octanol–water partition coefficient (Wildman–Crippen LogP) is 0.157. The lowest BCUT2D eigenvalue weighted by Crippen LogP contribution is -3.15. The molecule has 1 aromatic carbocycles. The van der Waals surface area contributed by atoms with E-state index in [0.717, 1.165) is 32.0 Å². The van der Waals surface area contributed by atoms with Gasteiger partial charge in [-0.3, -0.25) is 4.79 Å². The van der Waals surface area contributed by atoms with Crippen LogP contribution < -0.4 is 10.2 Å². The number of carbonyl (C=O) groups is 1. The lowest BCUT2D eigenvalue weighted by molar-refractivity contribution is -0.899. The van der Waals surface area contributed by atoms with Crippen molar-refractivity contribution in [1.82, 2.24) is 0 Å². The Morgan fingerprint density at radius 2 is 2.00 bits per heavy atom. The summed E-state index contributed by atoms with van der Waals surface area (Å²) in [6, 6.07) is 6.00. The summed E-state index contributed by atoms with van der Waals surface area (Å²) in [4.78, 5) is 13.2. The zero-order valence-corrected chi connectivity index (χ0v) is 11.1. The smallest absolute Gasteiger partial charge is 0.279 e. The van der Waals surface area contributed by atoms with E-state index in [4.69, 9.17) is 4.74 Å². The summed E-state index contributed by atoms with van der Waals surface area (Å²) in [6.07, 6.45) is 0. The number of hydrogen-bond acceptors (Lipinski definition) is 2. The summed E-state index contributed by atoms with van der Waals surface area (Å²) in [5, 5.41) is 2.96. The highest BCUT2D eigenvalue weighted by atomic mass is 16.5. The lowest BCUT2D eigenvalue weighted by Gasteiger charge is -2.23. The zero-order chi connectivity index (χ0) is 13.0. The second-order valence-corrected chi connectivity index (χ2v) is 4.89. The average molecular weight is 249 g/mol. The van der Waals surface area contributed by atoms with E-state index in [-0.39, 0.29) is 5.91 Å². The first-order valence-electron chi connectivity index (χ1n) is 6.43. The van der Waals surface area contributed by atoms with Crippen molar-refractivity contribution in [3.05, 3.63) is 29.3 Å². The third kappa shape index (κ3) is 3.55. The molecule has 98 valence electrons. The molecule has 2 rings (SSSR count). The number of anilines is 1. The molecule has 0 aliphatic carbocycles. The Hall–Kier alpha value is -1.39. The minimum absolute atomic E-state index is 0.0788. The molecule has 1 saturated heterocycles. The fraction of sp³-hybridized carbons (Fsp3) is 0.500. The van der Waals surface area contributed by atoms with Crippen LogP contribution in [0.2, 0.25) is 0 Å². The van der Waals surface area contributed by atoms with Crippen molar-refractivity contribution >= 4 is 11.6 Å². The number of quaternary nitrogens is 1. The summed E-state index contributed by atoms with van der Waals surface area (Å²) in [6.45, 7) is 7.99. The van der Waals surface area contributed by atoms with Gasteiger partial charge in [-0.15, -0.1) is 0 Å². The van der Waals surface area contributed by atoms with Gasteiger partial charge in [-0.1, -0.05) is 6.07 Å². The molecule has 18 heavy (non-hydrogen) atoms. The Kier molecular flexibility index (Phi) is 4.33. The first kappa shape index (κ1) is 13.1. The fourth-order valence-corrected chi connectivity index (χ4v) is 2.09. The molecule has 2 N–H and O–H groups in total. The van der Waals surface area contributed by atoms with Crippen LogP contribution in [0.3, 0.4) is 0 Å². The van der Waals surface area contributed by atoms with Crippen LogP contribution >= 0.6 is 0 Å². The van der Waals surface area contributed by atoms with Gasteiger partial charge in [0.1, 0.15) is 13.1 Å². The van der Waals surface area contributed by atoms with Crippen molar-refractivity contribution in [3.8, 4) is 0 Å². The Bertz CT molecular complexity index is 426.